The zero-order chi connectivity index (χ0) is 18.6. The van der Waals surface area contributed by atoms with Gasteiger partial charge in [0.2, 0.25) is 5.91 Å². The van der Waals surface area contributed by atoms with E-state index in [-0.39, 0.29) is 12.3 Å². The van der Waals surface area contributed by atoms with Crippen LogP contribution in [0, 0.1) is 6.92 Å². The highest BCUT2D eigenvalue weighted by atomic mass is 16.5. The van der Waals surface area contributed by atoms with Crippen LogP contribution in [0.3, 0.4) is 0 Å². The van der Waals surface area contributed by atoms with Crippen molar-refractivity contribution in [2.75, 3.05) is 5.32 Å². The molecule has 0 radical (unpaired) electrons. The Bertz CT molecular complexity index is 1090. The molecule has 0 unspecified atom stereocenters. The lowest BCUT2D eigenvalue weighted by Gasteiger charge is -2.11. The summed E-state index contributed by atoms with van der Waals surface area (Å²) >= 11 is 0. The van der Waals surface area contributed by atoms with Crippen molar-refractivity contribution in [3.05, 3.63) is 90.4 Å². The number of benzene rings is 2. The molecule has 4 rings (SSSR count). The molecule has 0 spiro atoms. The highest BCUT2D eigenvalue weighted by Gasteiger charge is 2.11. The van der Waals surface area contributed by atoms with Gasteiger partial charge in [-0.1, -0.05) is 30.3 Å². The Hall–Kier alpha value is -3.60. The van der Waals surface area contributed by atoms with E-state index >= 15 is 0 Å². The average Bonchev–Trinajstić information content (AvgIpc) is 3.05. The van der Waals surface area contributed by atoms with Gasteiger partial charge < -0.3 is 14.5 Å². The van der Waals surface area contributed by atoms with Gasteiger partial charge in [-0.2, -0.15) is 0 Å². The van der Waals surface area contributed by atoms with Crippen LogP contribution in [0.25, 0.3) is 5.65 Å². The van der Waals surface area contributed by atoms with Gasteiger partial charge in [0.1, 0.15) is 11.4 Å². The number of carbonyl (C=O) groups excluding carboxylic acids is 1. The molecule has 5 nitrogen and oxygen atoms in total. The molecule has 0 saturated carbocycles. The van der Waals surface area contributed by atoms with Crippen LogP contribution in [-0.4, -0.2) is 15.3 Å². The minimum Gasteiger partial charge on any atom is -0.455 e. The Balaban J connectivity index is 1.49. The van der Waals surface area contributed by atoms with E-state index in [9.17, 15) is 4.79 Å². The van der Waals surface area contributed by atoms with Crippen LogP contribution < -0.4 is 10.1 Å². The first-order valence-electron chi connectivity index (χ1n) is 8.73. The minimum absolute atomic E-state index is 0.140. The molecule has 134 valence electrons. The maximum absolute atomic E-state index is 12.5. The molecule has 0 saturated heterocycles. The van der Waals surface area contributed by atoms with Gasteiger partial charge >= 0.3 is 0 Å². The number of pyridine rings is 1. The second kappa shape index (κ2) is 7.33. The molecule has 5 heteroatoms. The number of hydrogen-bond donors (Lipinski definition) is 1. The summed E-state index contributed by atoms with van der Waals surface area (Å²) < 4.78 is 7.81. The number of imidazole rings is 1. The number of hydrogen-bond acceptors (Lipinski definition) is 3. The molecule has 2 aromatic carbocycles. The van der Waals surface area contributed by atoms with Gasteiger partial charge in [0.25, 0.3) is 0 Å². The van der Waals surface area contributed by atoms with E-state index in [1.165, 1.54) is 0 Å². The zero-order valence-corrected chi connectivity index (χ0v) is 14.9. The van der Waals surface area contributed by atoms with Crippen molar-refractivity contribution in [2.45, 2.75) is 13.3 Å². The fourth-order valence-electron chi connectivity index (χ4n) is 2.85. The first-order chi connectivity index (χ1) is 13.2. The maximum Gasteiger partial charge on any atom is 0.230 e. The predicted octanol–water partition coefficient (Wildman–Crippen LogP) is 4.62. The van der Waals surface area contributed by atoms with E-state index in [1.807, 2.05) is 90.4 Å². The standard InChI is InChI=1S/C22H19N3O2/c1-16-11-12-25-15-17(23-21(25)13-16)14-22(26)24-19-9-5-6-10-20(19)27-18-7-3-2-4-8-18/h2-13,15H,14H2,1H3,(H,24,26). The molecular weight excluding hydrogens is 338 g/mol. The number of amides is 1. The van der Waals surface area contributed by atoms with Gasteiger partial charge in [0.05, 0.1) is 17.8 Å². The summed E-state index contributed by atoms with van der Waals surface area (Å²) in [6.07, 6.45) is 4.02. The second-order valence-electron chi connectivity index (χ2n) is 6.34. The van der Waals surface area contributed by atoms with Crippen LogP contribution in [0.4, 0.5) is 5.69 Å². The number of para-hydroxylation sites is 3. The Morgan fingerprint density at radius 1 is 1.07 bits per heavy atom. The van der Waals surface area contributed by atoms with Crippen molar-refractivity contribution in [1.29, 1.82) is 0 Å². The maximum atomic E-state index is 12.5. The molecule has 0 fully saturated rings. The number of ether oxygens (including phenoxy) is 1. The highest BCUT2D eigenvalue weighted by molar-refractivity contribution is 5.93. The number of aromatic nitrogens is 2. The van der Waals surface area contributed by atoms with Crippen LogP contribution in [0.1, 0.15) is 11.3 Å². The molecule has 2 aromatic heterocycles. The van der Waals surface area contributed by atoms with Gasteiger partial charge in [-0.05, 0) is 48.9 Å². The lowest BCUT2D eigenvalue weighted by atomic mass is 10.2. The van der Waals surface area contributed by atoms with Crippen LogP contribution >= 0.6 is 0 Å². The lowest BCUT2D eigenvalue weighted by molar-refractivity contribution is -0.115. The van der Waals surface area contributed by atoms with E-state index < -0.39 is 0 Å². The normalized spacial score (nSPS) is 10.7. The third-order valence-electron chi connectivity index (χ3n) is 4.14. The highest BCUT2D eigenvalue weighted by Crippen LogP contribution is 2.29. The predicted molar refractivity (Wildman–Crippen MR) is 105 cm³/mol. The summed E-state index contributed by atoms with van der Waals surface area (Å²) in [7, 11) is 0. The van der Waals surface area contributed by atoms with E-state index in [0.29, 0.717) is 11.4 Å². The summed E-state index contributed by atoms with van der Waals surface area (Å²) in [5, 5.41) is 2.92. The molecule has 0 aliphatic heterocycles. The lowest BCUT2D eigenvalue weighted by Crippen LogP contribution is -2.15. The smallest absolute Gasteiger partial charge is 0.230 e. The van der Waals surface area contributed by atoms with E-state index in [2.05, 4.69) is 10.3 Å². The van der Waals surface area contributed by atoms with Crippen molar-refractivity contribution < 1.29 is 9.53 Å². The number of fused-ring (bicyclic) bond motifs is 1. The number of aryl methyl sites for hydroxylation is 1. The summed E-state index contributed by atoms with van der Waals surface area (Å²) in [5.41, 5.74) is 3.33. The van der Waals surface area contributed by atoms with Gasteiger partial charge in [-0.15, -0.1) is 0 Å². The van der Waals surface area contributed by atoms with Crippen LogP contribution in [-0.2, 0) is 11.2 Å². The fourth-order valence-corrected chi connectivity index (χ4v) is 2.85. The van der Waals surface area contributed by atoms with Crippen molar-refractivity contribution in [2.24, 2.45) is 0 Å². The molecule has 1 amide bonds. The Kier molecular flexibility index (Phi) is 4.58. The van der Waals surface area contributed by atoms with Gasteiger partial charge in [0.15, 0.2) is 5.75 Å². The fraction of sp³-hybridized carbons (Fsp3) is 0.0909. The zero-order valence-electron chi connectivity index (χ0n) is 14.9. The number of nitrogens with zero attached hydrogens (tertiary/aromatic N) is 2. The summed E-state index contributed by atoms with van der Waals surface area (Å²) in [4.78, 5) is 17.0. The molecule has 4 aromatic rings. The number of rotatable bonds is 5. The largest absolute Gasteiger partial charge is 0.455 e. The number of carbonyl (C=O) groups is 1. The minimum atomic E-state index is -0.140. The summed E-state index contributed by atoms with van der Waals surface area (Å²) in [6.45, 7) is 2.02. The Morgan fingerprint density at radius 3 is 2.70 bits per heavy atom. The monoisotopic (exact) mass is 357 g/mol. The Labute approximate surface area is 157 Å². The van der Waals surface area contributed by atoms with Crippen LogP contribution in [0.2, 0.25) is 0 Å². The molecule has 0 aliphatic rings. The summed E-state index contributed by atoms with van der Waals surface area (Å²) in [6, 6.07) is 20.9. The van der Waals surface area contributed by atoms with Gasteiger partial charge in [-0.3, -0.25) is 4.79 Å². The van der Waals surface area contributed by atoms with Crippen LogP contribution in [0.15, 0.2) is 79.1 Å². The van der Waals surface area contributed by atoms with E-state index in [0.717, 1.165) is 22.7 Å². The first-order valence-corrected chi connectivity index (χ1v) is 8.73. The molecule has 2 heterocycles. The molecule has 1 N–H and O–H groups in total. The second-order valence-corrected chi connectivity index (χ2v) is 6.34. The molecular formula is C22H19N3O2. The SMILES string of the molecule is Cc1ccn2cc(CC(=O)Nc3ccccc3Oc3ccccc3)nc2c1. The molecule has 0 atom stereocenters. The van der Waals surface area contributed by atoms with E-state index in [4.69, 9.17) is 4.74 Å². The average molecular weight is 357 g/mol. The van der Waals surface area contributed by atoms with Crippen molar-refractivity contribution in [3.63, 3.8) is 0 Å². The first kappa shape index (κ1) is 16.8. The third kappa shape index (κ3) is 3.98. The van der Waals surface area contributed by atoms with Gasteiger partial charge in [0, 0.05) is 12.4 Å². The van der Waals surface area contributed by atoms with Crippen molar-refractivity contribution in [1.82, 2.24) is 9.38 Å². The van der Waals surface area contributed by atoms with E-state index in [1.54, 1.807) is 0 Å². The topological polar surface area (TPSA) is 55.6 Å². The number of nitrogens with one attached hydrogen (secondary N) is 1. The van der Waals surface area contributed by atoms with Crippen molar-refractivity contribution in [3.8, 4) is 11.5 Å². The third-order valence-corrected chi connectivity index (χ3v) is 4.14. The molecule has 0 bridgehead atoms. The number of anilines is 1. The quantitative estimate of drug-likeness (QED) is 0.567. The molecule has 0 aliphatic carbocycles. The summed E-state index contributed by atoms with van der Waals surface area (Å²) in [5.74, 6) is 1.18. The van der Waals surface area contributed by atoms with Gasteiger partial charge in [-0.25, -0.2) is 4.98 Å². The van der Waals surface area contributed by atoms with Crippen molar-refractivity contribution >= 4 is 17.2 Å². The Morgan fingerprint density at radius 2 is 1.85 bits per heavy atom. The molecule has 27 heavy (non-hydrogen) atoms. The van der Waals surface area contributed by atoms with Crippen LogP contribution in [0.5, 0.6) is 11.5 Å².